The number of rotatable bonds is 6. The van der Waals surface area contributed by atoms with E-state index in [9.17, 15) is 4.79 Å². The quantitative estimate of drug-likeness (QED) is 0.714. The second-order valence-electron chi connectivity index (χ2n) is 6.01. The molecule has 1 aliphatic rings. The molecule has 6 heteroatoms. The molecule has 1 aliphatic heterocycles. The van der Waals surface area contributed by atoms with E-state index >= 15 is 0 Å². The number of hydrogen-bond acceptors (Lipinski definition) is 4. The van der Waals surface area contributed by atoms with Gasteiger partial charge >= 0.3 is 0 Å². The van der Waals surface area contributed by atoms with Crippen LogP contribution in [0.4, 0.5) is 11.4 Å². The summed E-state index contributed by atoms with van der Waals surface area (Å²) in [5.74, 6) is 2.11. The van der Waals surface area contributed by atoms with Crippen LogP contribution in [0.5, 0.6) is 0 Å². The van der Waals surface area contributed by atoms with Crippen molar-refractivity contribution in [2.75, 3.05) is 28.7 Å². The minimum atomic E-state index is 0.0149. The third kappa shape index (κ3) is 5.66. The Morgan fingerprint density at radius 3 is 2.80 bits per heavy atom. The van der Waals surface area contributed by atoms with Crippen LogP contribution in [-0.2, 0) is 11.3 Å². The first-order valence-electron chi connectivity index (χ1n) is 8.39. The van der Waals surface area contributed by atoms with Crippen molar-refractivity contribution in [2.24, 2.45) is 0 Å². The van der Waals surface area contributed by atoms with E-state index < -0.39 is 0 Å². The molecule has 3 N–H and O–H groups in total. The molecular weight excluding hydrogens is 354 g/mol. The number of carbonyl (C=O) groups is 1. The molecule has 1 fully saturated rings. The molecule has 132 valence electrons. The number of anilines is 2. The summed E-state index contributed by atoms with van der Waals surface area (Å²) < 4.78 is 0. The smallest absolute Gasteiger partial charge is 0.225 e. The highest BCUT2D eigenvalue weighted by Crippen LogP contribution is 2.26. The predicted molar refractivity (Wildman–Crippen MR) is 108 cm³/mol. The van der Waals surface area contributed by atoms with E-state index in [1.165, 1.54) is 5.56 Å². The summed E-state index contributed by atoms with van der Waals surface area (Å²) in [5.41, 5.74) is 2.77. The number of amides is 1. The minimum Gasteiger partial charge on any atom is -0.380 e. The average molecular weight is 376 g/mol. The molecule has 2 aromatic rings. The van der Waals surface area contributed by atoms with Gasteiger partial charge in [-0.3, -0.25) is 4.79 Å². The highest BCUT2D eigenvalue weighted by atomic mass is 35.5. The van der Waals surface area contributed by atoms with E-state index in [0.29, 0.717) is 18.0 Å². The summed E-state index contributed by atoms with van der Waals surface area (Å²) >= 11 is 8.23. The molecule has 1 amide bonds. The molecule has 0 spiro atoms. The normalized spacial score (nSPS) is 17.1. The fourth-order valence-electron chi connectivity index (χ4n) is 2.72. The molecule has 2 aromatic carbocycles. The molecule has 1 unspecified atom stereocenters. The van der Waals surface area contributed by atoms with Crippen LogP contribution in [-0.4, -0.2) is 30.0 Å². The topological polar surface area (TPSA) is 53.2 Å². The Labute approximate surface area is 157 Å². The minimum absolute atomic E-state index is 0.0149. The van der Waals surface area contributed by atoms with Gasteiger partial charge in [0.2, 0.25) is 5.91 Å². The van der Waals surface area contributed by atoms with Gasteiger partial charge in [0.25, 0.3) is 0 Å². The van der Waals surface area contributed by atoms with Crippen molar-refractivity contribution >= 4 is 40.6 Å². The van der Waals surface area contributed by atoms with E-state index in [-0.39, 0.29) is 11.9 Å². The monoisotopic (exact) mass is 375 g/mol. The van der Waals surface area contributed by atoms with E-state index in [1.54, 1.807) is 6.07 Å². The number of benzene rings is 2. The summed E-state index contributed by atoms with van der Waals surface area (Å²) in [7, 11) is 0. The second-order valence-corrected chi connectivity index (χ2v) is 7.57. The van der Waals surface area contributed by atoms with Crippen molar-refractivity contribution in [1.29, 1.82) is 0 Å². The van der Waals surface area contributed by atoms with Crippen molar-refractivity contribution in [1.82, 2.24) is 5.32 Å². The average Bonchev–Trinajstić information content (AvgIpc) is 2.63. The van der Waals surface area contributed by atoms with Crippen LogP contribution in [0, 0.1) is 0 Å². The lowest BCUT2D eigenvalue weighted by atomic mass is 10.2. The molecule has 3 rings (SSSR count). The number of halogens is 1. The van der Waals surface area contributed by atoms with E-state index in [0.717, 1.165) is 29.4 Å². The van der Waals surface area contributed by atoms with Gasteiger partial charge in [-0.1, -0.05) is 41.9 Å². The highest BCUT2D eigenvalue weighted by molar-refractivity contribution is 7.99. The van der Waals surface area contributed by atoms with Gasteiger partial charge in [-0.05, 0) is 23.8 Å². The number of thioether (sulfide) groups is 1. The van der Waals surface area contributed by atoms with Crippen LogP contribution >= 0.6 is 23.4 Å². The molecular formula is C19H22ClN3OS. The lowest BCUT2D eigenvalue weighted by Crippen LogP contribution is -2.39. The molecule has 0 aromatic heterocycles. The molecule has 1 atom stereocenters. The molecule has 1 saturated heterocycles. The van der Waals surface area contributed by atoms with Gasteiger partial charge in [-0.15, -0.1) is 0 Å². The Hall–Kier alpha value is -1.69. The Morgan fingerprint density at radius 2 is 2.08 bits per heavy atom. The maximum Gasteiger partial charge on any atom is 0.225 e. The van der Waals surface area contributed by atoms with Gasteiger partial charge in [0.05, 0.1) is 10.7 Å². The Kier molecular flexibility index (Phi) is 6.62. The summed E-state index contributed by atoms with van der Waals surface area (Å²) in [5, 5.41) is 10.2. The zero-order chi connectivity index (χ0) is 17.5. The third-order valence-corrected chi connectivity index (χ3v) is 5.45. The van der Waals surface area contributed by atoms with Crippen molar-refractivity contribution in [3.63, 3.8) is 0 Å². The molecule has 0 bridgehead atoms. The van der Waals surface area contributed by atoms with E-state index in [1.807, 2.05) is 42.1 Å². The van der Waals surface area contributed by atoms with E-state index in [2.05, 4.69) is 28.1 Å². The van der Waals surface area contributed by atoms with Crippen molar-refractivity contribution < 1.29 is 4.79 Å². The summed E-state index contributed by atoms with van der Waals surface area (Å²) in [6, 6.07) is 16.0. The molecule has 4 nitrogen and oxygen atoms in total. The second kappa shape index (κ2) is 9.13. The molecule has 1 heterocycles. The molecule has 0 radical (unpaired) electrons. The number of nitrogens with one attached hydrogen (secondary N) is 3. The lowest BCUT2D eigenvalue weighted by molar-refractivity contribution is -0.116. The highest BCUT2D eigenvalue weighted by Gasteiger charge is 2.16. The Morgan fingerprint density at radius 1 is 1.24 bits per heavy atom. The number of hydrogen-bond donors (Lipinski definition) is 3. The van der Waals surface area contributed by atoms with Gasteiger partial charge < -0.3 is 16.0 Å². The van der Waals surface area contributed by atoms with Crippen molar-refractivity contribution in [3.05, 3.63) is 59.1 Å². The lowest BCUT2D eigenvalue weighted by Gasteiger charge is -2.22. The third-order valence-electron chi connectivity index (χ3n) is 4.01. The first-order chi connectivity index (χ1) is 12.2. The van der Waals surface area contributed by atoms with Crippen molar-refractivity contribution in [3.8, 4) is 0 Å². The molecule has 0 aliphatic carbocycles. The van der Waals surface area contributed by atoms with Crippen LogP contribution in [0.2, 0.25) is 5.02 Å². The van der Waals surface area contributed by atoms with Crippen LogP contribution in [0.3, 0.4) is 0 Å². The zero-order valence-corrected chi connectivity index (χ0v) is 15.5. The van der Waals surface area contributed by atoms with Gasteiger partial charge in [0.1, 0.15) is 0 Å². The number of carbonyl (C=O) groups excluding carboxylic acids is 1. The summed E-state index contributed by atoms with van der Waals surface area (Å²) in [4.78, 5) is 12.2. The maximum absolute atomic E-state index is 12.2. The van der Waals surface area contributed by atoms with Gasteiger partial charge in [-0.25, -0.2) is 0 Å². The van der Waals surface area contributed by atoms with Crippen LogP contribution in [0.25, 0.3) is 0 Å². The first kappa shape index (κ1) is 18.1. The largest absolute Gasteiger partial charge is 0.380 e. The summed E-state index contributed by atoms with van der Waals surface area (Å²) in [6.07, 6.45) is 0.485. The fourth-order valence-corrected chi connectivity index (χ4v) is 3.91. The van der Waals surface area contributed by atoms with Gasteiger partial charge in [0, 0.05) is 42.7 Å². The Bertz CT molecular complexity index is 705. The molecule has 25 heavy (non-hydrogen) atoms. The van der Waals surface area contributed by atoms with Crippen LogP contribution < -0.4 is 16.0 Å². The van der Waals surface area contributed by atoms with Crippen LogP contribution in [0.1, 0.15) is 12.0 Å². The van der Waals surface area contributed by atoms with Crippen molar-refractivity contribution in [2.45, 2.75) is 19.0 Å². The zero-order valence-electron chi connectivity index (χ0n) is 13.9. The maximum atomic E-state index is 12.2. The van der Waals surface area contributed by atoms with E-state index in [4.69, 9.17) is 11.6 Å². The molecule has 0 saturated carbocycles. The first-order valence-corrected chi connectivity index (χ1v) is 9.92. The SMILES string of the molecule is O=C(CC1CSCCN1)Nc1ccc(NCc2ccccc2)c(Cl)c1. The summed E-state index contributed by atoms with van der Waals surface area (Å²) in [6.45, 7) is 1.67. The van der Waals surface area contributed by atoms with Crippen LogP contribution in [0.15, 0.2) is 48.5 Å². The standard InChI is InChI=1S/C19H22ClN3OS/c20-17-10-15(23-19(24)11-16-13-25-9-8-21-16)6-7-18(17)22-12-14-4-2-1-3-5-14/h1-7,10,16,21-22H,8-9,11-13H2,(H,23,24). The van der Waals surface area contributed by atoms with Gasteiger partial charge in [0.15, 0.2) is 0 Å². The predicted octanol–water partition coefficient (Wildman–Crippen LogP) is 3.99. The van der Waals surface area contributed by atoms with Gasteiger partial charge in [-0.2, -0.15) is 11.8 Å². The Balaban J connectivity index is 1.53. The fraction of sp³-hybridized carbons (Fsp3) is 0.316.